The molecule has 1 aromatic rings. The molecule has 5 nitrogen and oxygen atoms in total. The van der Waals surface area contributed by atoms with Crippen LogP contribution in [-0.2, 0) is 17.9 Å². The SMILES string of the molecule is Cc1nc([C@@H](N[S@@+]([O-])C(C)(C)C)C(C)C)cn1C[C@H]1CCN(C)C1. The predicted molar refractivity (Wildman–Crippen MR) is 101 cm³/mol. The highest BCUT2D eigenvalue weighted by Gasteiger charge is 2.32. The van der Waals surface area contributed by atoms with Gasteiger partial charge in [0.05, 0.1) is 11.7 Å². The molecule has 0 aliphatic carbocycles. The molecule has 24 heavy (non-hydrogen) atoms. The van der Waals surface area contributed by atoms with Gasteiger partial charge in [0.1, 0.15) is 10.6 Å². The largest absolute Gasteiger partial charge is 0.598 e. The Morgan fingerprint density at radius 1 is 1.42 bits per heavy atom. The molecular weight excluding hydrogens is 320 g/mol. The molecule has 1 aromatic heterocycles. The normalized spacial score (nSPS) is 22.3. The summed E-state index contributed by atoms with van der Waals surface area (Å²) in [5.74, 6) is 2.08. The van der Waals surface area contributed by atoms with Gasteiger partial charge in [-0.2, -0.15) is 0 Å². The van der Waals surface area contributed by atoms with Crippen molar-refractivity contribution in [2.75, 3.05) is 20.1 Å². The highest BCUT2D eigenvalue weighted by Crippen LogP contribution is 2.26. The second-order valence-electron chi connectivity index (χ2n) is 8.50. The number of rotatable bonds is 6. The number of hydrogen-bond acceptors (Lipinski definition) is 4. The number of likely N-dealkylation sites (tertiary alicyclic amines) is 1. The van der Waals surface area contributed by atoms with Crippen LogP contribution < -0.4 is 4.72 Å². The molecule has 1 fully saturated rings. The lowest BCUT2D eigenvalue weighted by Gasteiger charge is -2.28. The first kappa shape index (κ1) is 19.8. The Morgan fingerprint density at radius 2 is 2.08 bits per heavy atom. The second kappa shape index (κ2) is 7.77. The lowest BCUT2D eigenvalue weighted by atomic mass is 10.0. The molecule has 0 radical (unpaired) electrons. The third-order valence-corrected chi connectivity index (χ3v) is 6.29. The summed E-state index contributed by atoms with van der Waals surface area (Å²) >= 11 is -1.10. The van der Waals surface area contributed by atoms with Crippen molar-refractivity contribution in [2.24, 2.45) is 11.8 Å². The van der Waals surface area contributed by atoms with Gasteiger partial charge in [-0.25, -0.2) is 4.98 Å². The summed E-state index contributed by atoms with van der Waals surface area (Å²) in [6, 6.07) is 0.0104. The van der Waals surface area contributed by atoms with Crippen molar-refractivity contribution >= 4 is 11.4 Å². The number of nitrogens with zero attached hydrogens (tertiary/aromatic N) is 3. The lowest BCUT2D eigenvalue weighted by Crippen LogP contribution is -2.42. The summed E-state index contributed by atoms with van der Waals surface area (Å²) in [7, 11) is 2.19. The number of aryl methyl sites for hydroxylation is 1. The first-order chi connectivity index (χ1) is 11.1. The minimum Gasteiger partial charge on any atom is -0.598 e. The van der Waals surface area contributed by atoms with Crippen LogP contribution in [0.5, 0.6) is 0 Å². The van der Waals surface area contributed by atoms with Gasteiger partial charge in [0.2, 0.25) is 0 Å². The van der Waals surface area contributed by atoms with Gasteiger partial charge >= 0.3 is 0 Å². The molecule has 1 aliphatic rings. The highest BCUT2D eigenvalue weighted by molar-refractivity contribution is 7.90. The van der Waals surface area contributed by atoms with E-state index in [0.717, 1.165) is 24.6 Å². The molecule has 3 atom stereocenters. The van der Waals surface area contributed by atoms with Crippen molar-refractivity contribution in [2.45, 2.75) is 65.3 Å². The van der Waals surface area contributed by atoms with E-state index in [9.17, 15) is 4.55 Å². The van der Waals surface area contributed by atoms with Crippen LogP contribution in [0.2, 0.25) is 0 Å². The zero-order valence-corrected chi connectivity index (χ0v) is 17.1. The summed E-state index contributed by atoms with van der Waals surface area (Å²) in [5, 5.41) is 0. The van der Waals surface area contributed by atoms with Crippen LogP contribution in [0.15, 0.2) is 6.20 Å². The lowest BCUT2D eigenvalue weighted by molar-refractivity contribution is 0.376. The molecule has 0 saturated carbocycles. The van der Waals surface area contributed by atoms with Gasteiger partial charge in [-0.05, 0) is 59.5 Å². The zero-order valence-electron chi connectivity index (χ0n) is 16.3. The van der Waals surface area contributed by atoms with E-state index in [1.807, 2.05) is 20.8 Å². The summed E-state index contributed by atoms with van der Waals surface area (Å²) in [6.45, 7) is 15.7. The van der Waals surface area contributed by atoms with Crippen LogP contribution in [0.4, 0.5) is 0 Å². The fourth-order valence-corrected chi connectivity index (χ4v) is 4.13. The van der Waals surface area contributed by atoms with Crippen LogP contribution in [-0.4, -0.2) is 43.9 Å². The maximum absolute atomic E-state index is 12.5. The van der Waals surface area contributed by atoms with E-state index in [1.54, 1.807) is 0 Å². The van der Waals surface area contributed by atoms with Crippen LogP contribution in [0.25, 0.3) is 0 Å². The van der Waals surface area contributed by atoms with Crippen molar-refractivity contribution < 1.29 is 4.55 Å². The molecule has 2 rings (SSSR count). The average Bonchev–Trinajstić information content (AvgIpc) is 3.01. The predicted octanol–water partition coefficient (Wildman–Crippen LogP) is 2.89. The third kappa shape index (κ3) is 4.97. The molecule has 6 heteroatoms. The van der Waals surface area contributed by atoms with Gasteiger partial charge in [0, 0.05) is 30.6 Å². The fourth-order valence-electron chi connectivity index (χ4n) is 3.15. The van der Waals surface area contributed by atoms with E-state index in [-0.39, 0.29) is 10.8 Å². The summed E-state index contributed by atoms with van der Waals surface area (Å²) in [6.07, 6.45) is 3.41. The van der Waals surface area contributed by atoms with E-state index in [1.165, 1.54) is 13.0 Å². The molecule has 0 bridgehead atoms. The van der Waals surface area contributed by atoms with E-state index in [4.69, 9.17) is 4.98 Å². The Hall–Kier alpha value is -0.560. The molecular formula is C18H34N4OS. The third-order valence-electron chi connectivity index (χ3n) is 4.71. The van der Waals surface area contributed by atoms with Gasteiger partial charge in [0.25, 0.3) is 0 Å². The average molecular weight is 355 g/mol. The van der Waals surface area contributed by atoms with E-state index < -0.39 is 11.4 Å². The minimum atomic E-state index is -1.10. The number of nitrogens with one attached hydrogen (secondary N) is 1. The minimum absolute atomic E-state index is 0.0104. The molecule has 0 spiro atoms. The van der Waals surface area contributed by atoms with Crippen molar-refractivity contribution in [3.63, 3.8) is 0 Å². The second-order valence-corrected chi connectivity index (χ2v) is 10.5. The van der Waals surface area contributed by atoms with E-state index >= 15 is 0 Å². The van der Waals surface area contributed by atoms with E-state index in [2.05, 4.69) is 48.2 Å². The summed E-state index contributed by atoms with van der Waals surface area (Å²) in [4.78, 5) is 7.17. The van der Waals surface area contributed by atoms with E-state index in [0.29, 0.717) is 11.8 Å². The van der Waals surface area contributed by atoms with Crippen LogP contribution in [0.1, 0.15) is 58.6 Å². The Balaban J connectivity index is 2.12. The topological polar surface area (TPSA) is 56.2 Å². The highest BCUT2D eigenvalue weighted by atomic mass is 32.2. The van der Waals surface area contributed by atoms with Crippen molar-refractivity contribution in [1.29, 1.82) is 0 Å². The molecule has 0 amide bonds. The molecule has 138 valence electrons. The first-order valence-corrected chi connectivity index (χ1v) is 10.1. The summed E-state index contributed by atoms with van der Waals surface area (Å²) in [5.41, 5.74) is 1.01. The van der Waals surface area contributed by atoms with Gasteiger partial charge in [-0.15, -0.1) is 4.72 Å². The standard InChI is InChI=1S/C18H34N4OS/c1-13(2)17(20-24(23)18(4,5)6)16-12-22(14(3)19-16)11-15-8-9-21(7)10-15/h12-13,15,17,20H,8-11H2,1-7H3/t15-,17-,24-/m0/s1. The zero-order chi connectivity index (χ0) is 18.1. The summed E-state index contributed by atoms with van der Waals surface area (Å²) < 4.78 is 17.8. The first-order valence-electron chi connectivity index (χ1n) is 8.98. The Bertz CT molecular complexity index is 538. The Kier molecular flexibility index (Phi) is 6.40. The molecule has 1 N–H and O–H groups in total. The van der Waals surface area contributed by atoms with Crippen molar-refractivity contribution in [3.8, 4) is 0 Å². The van der Waals surface area contributed by atoms with Gasteiger partial charge in [-0.1, -0.05) is 13.8 Å². The van der Waals surface area contributed by atoms with Crippen LogP contribution >= 0.6 is 0 Å². The Morgan fingerprint density at radius 3 is 2.58 bits per heavy atom. The quantitative estimate of drug-likeness (QED) is 0.798. The van der Waals surface area contributed by atoms with Gasteiger partial charge in [-0.3, -0.25) is 0 Å². The Labute approximate surface area is 150 Å². The number of hydrogen-bond donors (Lipinski definition) is 1. The molecule has 2 heterocycles. The number of aromatic nitrogens is 2. The van der Waals surface area contributed by atoms with Crippen molar-refractivity contribution in [3.05, 3.63) is 17.7 Å². The van der Waals surface area contributed by atoms with Crippen LogP contribution in [0, 0.1) is 18.8 Å². The van der Waals surface area contributed by atoms with Crippen molar-refractivity contribution in [1.82, 2.24) is 19.2 Å². The van der Waals surface area contributed by atoms with Gasteiger partial charge < -0.3 is 14.0 Å². The number of imidazole rings is 1. The smallest absolute Gasteiger partial charge is 0.136 e. The fraction of sp³-hybridized carbons (Fsp3) is 0.833. The molecule has 0 unspecified atom stereocenters. The monoisotopic (exact) mass is 354 g/mol. The molecule has 1 saturated heterocycles. The molecule has 1 aliphatic heterocycles. The maximum Gasteiger partial charge on any atom is 0.136 e. The molecule has 0 aromatic carbocycles. The maximum atomic E-state index is 12.5. The van der Waals surface area contributed by atoms with Gasteiger partial charge in [0.15, 0.2) is 0 Å². The van der Waals surface area contributed by atoms with Crippen LogP contribution in [0.3, 0.4) is 0 Å².